The summed E-state index contributed by atoms with van der Waals surface area (Å²) in [5.41, 5.74) is 0.939. The van der Waals surface area contributed by atoms with Gasteiger partial charge in [-0.05, 0) is 38.1 Å². The van der Waals surface area contributed by atoms with Crippen LogP contribution in [-0.4, -0.2) is 71.2 Å². The number of carbonyl (C=O) groups is 1. The molecule has 1 atom stereocenters. The first-order chi connectivity index (χ1) is 17.8. The molecule has 2 aliphatic heterocycles. The van der Waals surface area contributed by atoms with E-state index in [0.29, 0.717) is 51.6 Å². The molecule has 1 unspecified atom stereocenters. The summed E-state index contributed by atoms with van der Waals surface area (Å²) in [6.45, 7) is 6.65. The summed E-state index contributed by atoms with van der Waals surface area (Å²) < 4.78 is 55.3. The van der Waals surface area contributed by atoms with Crippen LogP contribution in [0.4, 0.5) is 24.8 Å². The van der Waals surface area contributed by atoms with Gasteiger partial charge in [-0.25, -0.2) is 23.1 Å². The summed E-state index contributed by atoms with van der Waals surface area (Å²) in [5, 5.41) is 2.86. The predicted molar refractivity (Wildman–Crippen MR) is 130 cm³/mol. The lowest BCUT2D eigenvalue weighted by molar-refractivity contribution is 0.0300. The minimum absolute atomic E-state index is 0.0214. The number of ether oxygens (including phenoxy) is 2. The predicted octanol–water partition coefficient (Wildman–Crippen LogP) is 4.26. The van der Waals surface area contributed by atoms with Crippen molar-refractivity contribution in [2.24, 2.45) is 0 Å². The van der Waals surface area contributed by atoms with Gasteiger partial charge in [-0.15, -0.1) is 0 Å². The second-order valence-electron chi connectivity index (χ2n) is 9.39. The Labute approximate surface area is 212 Å². The molecule has 1 saturated heterocycles. The SMILES string of the molecule is CC(C)N1CCOC2=C1CC(c1nc(Nc3ccc(C(=O)N4CCOCC4)c(F)c3)ncc1F)C=C2F. The van der Waals surface area contributed by atoms with Crippen molar-refractivity contribution in [2.45, 2.75) is 32.2 Å². The smallest absolute Gasteiger partial charge is 0.256 e. The first kappa shape index (κ1) is 25.1. The number of amides is 1. The number of carbonyl (C=O) groups excluding carboxylic acids is 1. The fraction of sp³-hybridized carbons (Fsp3) is 0.423. The van der Waals surface area contributed by atoms with Crippen molar-refractivity contribution in [2.75, 3.05) is 44.8 Å². The average Bonchev–Trinajstić information content (AvgIpc) is 2.89. The molecule has 1 fully saturated rings. The molecule has 5 rings (SSSR count). The standard InChI is InChI=1S/C26H28F3N5O3/c1-15(2)34-7-10-37-24-20(28)11-16(12-22(24)34)23-21(29)14-30-26(32-23)31-17-3-4-18(19(27)13-17)25(35)33-5-8-36-9-6-33/h3-4,11,13-16H,5-10,12H2,1-2H3,(H,30,31,32). The Balaban J connectivity index is 1.35. The van der Waals surface area contributed by atoms with Crippen molar-refractivity contribution in [3.05, 3.63) is 70.6 Å². The first-order valence-corrected chi connectivity index (χ1v) is 12.3. The van der Waals surface area contributed by atoms with Crippen LogP contribution in [0.3, 0.4) is 0 Å². The molecule has 1 N–H and O–H groups in total. The third-order valence-electron chi connectivity index (χ3n) is 6.66. The van der Waals surface area contributed by atoms with Gasteiger partial charge in [0.05, 0.1) is 42.9 Å². The molecule has 0 saturated carbocycles. The van der Waals surface area contributed by atoms with Crippen LogP contribution in [0.5, 0.6) is 0 Å². The lowest BCUT2D eigenvalue weighted by atomic mass is 9.91. The Hall–Kier alpha value is -3.60. The van der Waals surface area contributed by atoms with Gasteiger partial charge in [-0.3, -0.25) is 4.79 Å². The largest absolute Gasteiger partial charge is 0.487 e. The second kappa shape index (κ2) is 10.4. The Morgan fingerprint density at radius 3 is 2.62 bits per heavy atom. The summed E-state index contributed by atoms with van der Waals surface area (Å²) >= 11 is 0. The van der Waals surface area contributed by atoms with Gasteiger partial charge in [0, 0.05) is 37.2 Å². The first-order valence-electron chi connectivity index (χ1n) is 12.3. The Kier molecular flexibility index (Phi) is 7.05. The fourth-order valence-electron chi connectivity index (χ4n) is 4.81. The van der Waals surface area contributed by atoms with E-state index < -0.39 is 29.3 Å². The van der Waals surface area contributed by atoms with Crippen LogP contribution in [0, 0.1) is 11.6 Å². The van der Waals surface area contributed by atoms with Gasteiger partial charge >= 0.3 is 0 Å². The van der Waals surface area contributed by atoms with Gasteiger partial charge in [0.15, 0.2) is 17.4 Å². The van der Waals surface area contributed by atoms with Crippen LogP contribution < -0.4 is 5.32 Å². The van der Waals surface area contributed by atoms with Gasteiger partial charge in [0.25, 0.3) is 5.91 Å². The van der Waals surface area contributed by atoms with Crippen LogP contribution in [0.25, 0.3) is 0 Å². The summed E-state index contributed by atoms with van der Waals surface area (Å²) in [5.74, 6) is -2.78. The van der Waals surface area contributed by atoms with E-state index >= 15 is 0 Å². The van der Waals surface area contributed by atoms with Crippen molar-refractivity contribution in [1.29, 1.82) is 0 Å². The van der Waals surface area contributed by atoms with E-state index in [9.17, 15) is 18.0 Å². The van der Waals surface area contributed by atoms with E-state index in [2.05, 4.69) is 20.2 Å². The molecule has 3 heterocycles. The number of halogens is 3. The summed E-state index contributed by atoms with van der Waals surface area (Å²) in [6.07, 6.45) is 2.63. The lowest BCUT2D eigenvalue weighted by Crippen LogP contribution is -2.41. The van der Waals surface area contributed by atoms with E-state index in [1.807, 2.05) is 13.8 Å². The van der Waals surface area contributed by atoms with Crippen molar-refractivity contribution in [1.82, 2.24) is 19.8 Å². The van der Waals surface area contributed by atoms with Gasteiger partial charge in [0.2, 0.25) is 5.95 Å². The molecule has 37 heavy (non-hydrogen) atoms. The molecule has 8 nitrogen and oxygen atoms in total. The zero-order valence-corrected chi connectivity index (χ0v) is 20.6. The van der Waals surface area contributed by atoms with E-state index in [1.165, 1.54) is 18.2 Å². The van der Waals surface area contributed by atoms with Crippen molar-refractivity contribution in [3.63, 3.8) is 0 Å². The number of aromatic nitrogens is 2. The highest BCUT2D eigenvalue weighted by atomic mass is 19.1. The van der Waals surface area contributed by atoms with Crippen LogP contribution in [0.15, 0.2) is 47.8 Å². The van der Waals surface area contributed by atoms with Gasteiger partial charge in [-0.1, -0.05) is 0 Å². The van der Waals surface area contributed by atoms with Crippen molar-refractivity contribution >= 4 is 17.5 Å². The number of hydrogen-bond acceptors (Lipinski definition) is 7. The van der Waals surface area contributed by atoms with Crippen LogP contribution in [0.2, 0.25) is 0 Å². The van der Waals surface area contributed by atoms with Crippen molar-refractivity contribution < 1.29 is 27.4 Å². The van der Waals surface area contributed by atoms with Gasteiger partial charge in [-0.2, -0.15) is 0 Å². The maximum atomic E-state index is 14.9. The number of benzene rings is 1. The number of rotatable bonds is 5. The van der Waals surface area contributed by atoms with Gasteiger partial charge < -0.3 is 24.6 Å². The minimum atomic E-state index is -0.702. The highest BCUT2D eigenvalue weighted by molar-refractivity contribution is 5.95. The molecular formula is C26H28F3N5O3. The fourth-order valence-corrected chi connectivity index (χ4v) is 4.81. The molecule has 1 aromatic carbocycles. The topological polar surface area (TPSA) is 79.8 Å². The van der Waals surface area contributed by atoms with Gasteiger partial charge in [0.1, 0.15) is 12.4 Å². The molecule has 1 aromatic heterocycles. The maximum Gasteiger partial charge on any atom is 0.256 e. The quantitative estimate of drug-likeness (QED) is 0.637. The molecule has 0 spiro atoms. The summed E-state index contributed by atoms with van der Waals surface area (Å²) in [4.78, 5) is 24.5. The van der Waals surface area contributed by atoms with Crippen LogP contribution >= 0.6 is 0 Å². The Morgan fingerprint density at radius 1 is 1.11 bits per heavy atom. The van der Waals surface area contributed by atoms with Crippen molar-refractivity contribution in [3.8, 4) is 0 Å². The molecule has 11 heteroatoms. The highest BCUT2D eigenvalue weighted by Gasteiger charge is 2.34. The molecular weight excluding hydrogens is 487 g/mol. The highest BCUT2D eigenvalue weighted by Crippen LogP contribution is 2.40. The summed E-state index contributed by atoms with van der Waals surface area (Å²) in [7, 11) is 0. The van der Waals surface area contributed by atoms with E-state index in [4.69, 9.17) is 9.47 Å². The molecule has 196 valence electrons. The third kappa shape index (κ3) is 5.13. The molecule has 3 aliphatic rings. The molecule has 1 amide bonds. The van der Waals surface area contributed by atoms with Crippen LogP contribution in [0.1, 0.15) is 42.2 Å². The summed E-state index contributed by atoms with van der Waals surface area (Å²) in [6, 6.07) is 4.20. The third-order valence-corrected chi connectivity index (χ3v) is 6.66. The van der Waals surface area contributed by atoms with E-state index in [-0.39, 0.29) is 34.7 Å². The molecule has 0 radical (unpaired) electrons. The zero-order valence-electron chi connectivity index (χ0n) is 20.6. The van der Waals surface area contributed by atoms with Crippen LogP contribution in [-0.2, 0) is 9.47 Å². The molecule has 0 bridgehead atoms. The normalized spacial score (nSPS) is 19.9. The monoisotopic (exact) mass is 515 g/mol. The Morgan fingerprint density at radius 2 is 1.89 bits per heavy atom. The molecule has 2 aromatic rings. The number of allylic oxidation sites excluding steroid dienone is 3. The molecule has 1 aliphatic carbocycles. The van der Waals surface area contributed by atoms with E-state index in [1.54, 1.807) is 4.90 Å². The maximum absolute atomic E-state index is 14.9. The second-order valence-corrected chi connectivity index (χ2v) is 9.39. The number of anilines is 2. The lowest BCUT2D eigenvalue weighted by Gasteiger charge is -2.39. The Bertz CT molecular complexity index is 1260. The number of hydrogen-bond donors (Lipinski definition) is 1. The number of nitrogens with zero attached hydrogens (tertiary/aromatic N) is 4. The number of nitrogens with one attached hydrogen (secondary N) is 1. The number of morpholine rings is 1. The average molecular weight is 516 g/mol. The van der Waals surface area contributed by atoms with E-state index in [0.717, 1.165) is 12.3 Å². The zero-order chi connectivity index (χ0) is 26.1. The minimum Gasteiger partial charge on any atom is -0.487 e.